The van der Waals surface area contributed by atoms with Crippen molar-refractivity contribution in [3.8, 4) is 5.75 Å². The van der Waals surface area contributed by atoms with Crippen LogP contribution in [0.1, 0.15) is 10.4 Å². The molecule has 0 saturated carbocycles. The van der Waals surface area contributed by atoms with Crippen molar-refractivity contribution < 1.29 is 14.3 Å². The van der Waals surface area contributed by atoms with Crippen LogP contribution >= 0.6 is 0 Å². The molecule has 0 aliphatic heterocycles. The van der Waals surface area contributed by atoms with Gasteiger partial charge in [-0.1, -0.05) is 6.07 Å². The molecule has 0 bridgehead atoms. The molecular formula is C15H16N2O4. The maximum Gasteiger partial charge on any atom is 0.338 e. The smallest absolute Gasteiger partial charge is 0.338 e. The SMILES string of the molecule is COc1ccc(C(=O)OCCn2ccccc2=O)cc1N. The molecular weight excluding hydrogens is 272 g/mol. The van der Waals surface area contributed by atoms with E-state index in [1.54, 1.807) is 30.5 Å². The third-order valence-electron chi connectivity index (χ3n) is 2.93. The predicted molar refractivity (Wildman–Crippen MR) is 78.4 cm³/mol. The maximum atomic E-state index is 11.9. The lowest BCUT2D eigenvalue weighted by Gasteiger charge is -2.08. The molecule has 2 N–H and O–H groups in total. The molecule has 0 aliphatic rings. The summed E-state index contributed by atoms with van der Waals surface area (Å²) in [6.45, 7) is 0.408. The van der Waals surface area contributed by atoms with Crippen LogP contribution < -0.4 is 16.0 Å². The van der Waals surface area contributed by atoms with Gasteiger partial charge in [0.25, 0.3) is 5.56 Å². The van der Waals surface area contributed by atoms with Crippen molar-refractivity contribution in [2.24, 2.45) is 0 Å². The minimum Gasteiger partial charge on any atom is -0.495 e. The van der Waals surface area contributed by atoms with Crippen LogP contribution in [0.2, 0.25) is 0 Å². The number of pyridine rings is 1. The Bertz CT molecular complexity index is 694. The van der Waals surface area contributed by atoms with E-state index >= 15 is 0 Å². The molecule has 110 valence electrons. The predicted octanol–water partition coefficient (Wildman–Crippen LogP) is 1.30. The van der Waals surface area contributed by atoms with Crippen molar-refractivity contribution in [2.45, 2.75) is 6.54 Å². The Morgan fingerprint density at radius 1 is 1.29 bits per heavy atom. The molecule has 1 aromatic carbocycles. The van der Waals surface area contributed by atoms with Gasteiger partial charge in [-0.25, -0.2) is 4.79 Å². The Morgan fingerprint density at radius 3 is 2.76 bits per heavy atom. The molecule has 6 heteroatoms. The summed E-state index contributed by atoms with van der Waals surface area (Å²) >= 11 is 0. The summed E-state index contributed by atoms with van der Waals surface area (Å²) in [5, 5.41) is 0. The maximum absolute atomic E-state index is 11.9. The van der Waals surface area contributed by atoms with Crippen molar-refractivity contribution in [3.63, 3.8) is 0 Å². The average molecular weight is 288 g/mol. The summed E-state index contributed by atoms with van der Waals surface area (Å²) < 4.78 is 11.6. The van der Waals surface area contributed by atoms with Gasteiger partial charge < -0.3 is 19.8 Å². The van der Waals surface area contributed by atoms with E-state index in [4.69, 9.17) is 15.2 Å². The quantitative estimate of drug-likeness (QED) is 0.662. The van der Waals surface area contributed by atoms with Crippen molar-refractivity contribution in [2.75, 3.05) is 19.5 Å². The molecule has 0 spiro atoms. The highest BCUT2D eigenvalue weighted by Crippen LogP contribution is 2.22. The minimum atomic E-state index is -0.492. The van der Waals surface area contributed by atoms with Crippen molar-refractivity contribution in [1.29, 1.82) is 0 Å². The van der Waals surface area contributed by atoms with E-state index < -0.39 is 5.97 Å². The number of anilines is 1. The van der Waals surface area contributed by atoms with Crippen LogP contribution in [0.15, 0.2) is 47.4 Å². The van der Waals surface area contributed by atoms with E-state index in [0.29, 0.717) is 23.5 Å². The van der Waals surface area contributed by atoms with Crippen LogP contribution in [0.3, 0.4) is 0 Å². The van der Waals surface area contributed by atoms with Gasteiger partial charge in [0.15, 0.2) is 0 Å². The molecule has 1 heterocycles. The zero-order chi connectivity index (χ0) is 15.2. The number of rotatable bonds is 5. The second kappa shape index (κ2) is 6.60. The lowest BCUT2D eigenvalue weighted by molar-refractivity contribution is 0.0490. The van der Waals surface area contributed by atoms with Gasteiger partial charge in [-0.2, -0.15) is 0 Å². The van der Waals surface area contributed by atoms with Crippen LogP contribution in [0, 0.1) is 0 Å². The van der Waals surface area contributed by atoms with E-state index in [1.165, 1.54) is 23.8 Å². The molecule has 0 atom stereocenters. The summed E-state index contributed by atoms with van der Waals surface area (Å²) in [5.41, 5.74) is 6.30. The third-order valence-corrected chi connectivity index (χ3v) is 2.93. The Kier molecular flexibility index (Phi) is 4.61. The van der Waals surface area contributed by atoms with Crippen molar-refractivity contribution >= 4 is 11.7 Å². The second-order valence-corrected chi connectivity index (χ2v) is 4.32. The number of nitrogens with zero attached hydrogens (tertiary/aromatic N) is 1. The average Bonchev–Trinajstić information content (AvgIpc) is 2.49. The Morgan fingerprint density at radius 2 is 2.10 bits per heavy atom. The Hall–Kier alpha value is -2.76. The summed E-state index contributed by atoms with van der Waals surface area (Å²) in [4.78, 5) is 23.3. The van der Waals surface area contributed by atoms with Gasteiger partial charge >= 0.3 is 5.97 Å². The van der Waals surface area contributed by atoms with E-state index in [2.05, 4.69) is 0 Å². The van der Waals surface area contributed by atoms with E-state index in [1.807, 2.05) is 0 Å². The zero-order valence-corrected chi connectivity index (χ0v) is 11.6. The minimum absolute atomic E-state index is 0.106. The first kappa shape index (κ1) is 14.6. The monoisotopic (exact) mass is 288 g/mol. The first-order valence-corrected chi connectivity index (χ1v) is 6.38. The van der Waals surface area contributed by atoms with E-state index in [9.17, 15) is 9.59 Å². The normalized spacial score (nSPS) is 10.1. The van der Waals surface area contributed by atoms with Crippen molar-refractivity contribution in [3.05, 3.63) is 58.5 Å². The van der Waals surface area contributed by atoms with Gasteiger partial charge in [0.1, 0.15) is 12.4 Å². The van der Waals surface area contributed by atoms with Gasteiger partial charge in [-0.05, 0) is 24.3 Å². The number of ether oxygens (including phenoxy) is 2. The second-order valence-electron chi connectivity index (χ2n) is 4.32. The number of methoxy groups -OCH3 is 1. The van der Waals surface area contributed by atoms with Crippen LogP contribution in [-0.2, 0) is 11.3 Å². The fourth-order valence-electron chi connectivity index (χ4n) is 1.83. The molecule has 0 unspecified atom stereocenters. The number of carbonyl (C=O) groups is 1. The molecule has 0 fully saturated rings. The number of hydrogen-bond donors (Lipinski definition) is 1. The lowest BCUT2D eigenvalue weighted by Crippen LogP contribution is -2.21. The fourth-order valence-corrected chi connectivity index (χ4v) is 1.83. The highest BCUT2D eigenvalue weighted by Gasteiger charge is 2.09. The number of benzene rings is 1. The number of aromatic nitrogens is 1. The molecule has 21 heavy (non-hydrogen) atoms. The molecule has 6 nitrogen and oxygen atoms in total. The standard InChI is InChI=1S/C15H16N2O4/c1-20-13-6-5-11(10-12(13)16)15(19)21-9-8-17-7-3-2-4-14(17)18/h2-7,10H,8-9,16H2,1H3. The van der Waals surface area contributed by atoms with Gasteiger partial charge in [-0.3, -0.25) is 4.79 Å². The largest absolute Gasteiger partial charge is 0.495 e. The molecule has 2 aromatic rings. The molecule has 2 rings (SSSR count). The Balaban J connectivity index is 1.95. The number of carbonyl (C=O) groups excluding carboxylic acids is 1. The number of nitrogens with two attached hydrogens (primary N) is 1. The van der Waals surface area contributed by atoms with Gasteiger partial charge in [0.2, 0.25) is 0 Å². The topological polar surface area (TPSA) is 83.5 Å². The summed E-state index contributed by atoms with van der Waals surface area (Å²) in [7, 11) is 1.50. The summed E-state index contributed by atoms with van der Waals surface area (Å²) in [5.74, 6) is 0.00993. The molecule has 1 aromatic heterocycles. The summed E-state index contributed by atoms with van der Waals surface area (Å²) in [6, 6.07) is 9.53. The third kappa shape index (κ3) is 3.62. The molecule has 0 saturated heterocycles. The van der Waals surface area contributed by atoms with Gasteiger partial charge in [-0.15, -0.1) is 0 Å². The summed E-state index contributed by atoms with van der Waals surface area (Å²) in [6.07, 6.45) is 1.64. The number of nitrogen functional groups attached to an aromatic ring is 1. The van der Waals surface area contributed by atoms with E-state index in [0.717, 1.165) is 0 Å². The van der Waals surface area contributed by atoms with Crippen LogP contribution in [-0.4, -0.2) is 24.3 Å². The highest BCUT2D eigenvalue weighted by molar-refractivity contribution is 5.91. The van der Waals surface area contributed by atoms with Gasteiger partial charge in [0.05, 0.1) is 24.9 Å². The first-order chi connectivity index (χ1) is 10.1. The lowest BCUT2D eigenvalue weighted by atomic mass is 10.2. The number of hydrogen-bond acceptors (Lipinski definition) is 5. The molecule has 0 aliphatic carbocycles. The van der Waals surface area contributed by atoms with Crippen LogP contribution in [0.5, 0.6) is 5.75 Å². The van der Waals surface area contributed by atoms with Gasteiger partial charge in [0, 0.05) is 12.3 Å². The van der Waals surface area contributed by atoms with Crippen molar-refractivity contribution in [1.82, 2.24) is 4.57 Å². The van der Waals surface area contributed by atoms with Crippen LogP contribution in [0.25, 0.3) is 0 Å². The zero-order valence-electron chi connectivity index (χ0n) is 11.6. The van der Waals surface area contributed by atoms with E-state index in [-0.39, 0.29) is 12.2 Å². The highest BCUT2D eigenvalue weighted by atomic mass is 16.5. The fraction of sp³-hybridized carbons (Fsp3) is 0.200. The molecule has 0 radical (unpaired) electrons. The first-order valence-electron chi connectivity index (χ1n) is 6.38. The molecule has 0 amide bonds. The number of esters is 1. The Labute approximate surface area is 121 Å². The van der Waals surface area contributed by atoms with Crippen LogP contribution in [0.4, 0.5) is 5.69 Å².